The summed E-state index contributed by atoms with van der Waals surface area (Å²) in [6.07, 6.45) is 5.78. The number of aromatic nitrogens is 3. The van der Waals surface area contributed by atoms with E-state index in [1.807, 2.05) is 12.3 Å². The molecule has 3 heterocycles. The molecule has 28 heavy (non-hydrogen) atoms. The van der Waals surface area contributed by atoms with Gasteiger partial charge in [-0.2, -0.15) is 0 Å². The SMILES string of the molecule is Cc1ccc(C2(c3ccc(-c4ncnc5[nH]ccc45)cc3)CCNCC2)cc1. The van der Waals surface area contributed by atoms with Crippen molar-refractivity contribution >= 4 is 11.0 Å². The lowest BCUT2D eigenvalue weighted by molar-refractivity contribution is 0.362. The van der Waals surface area contributed by atoms with Gasteiger partial charge in [-0.25, -0.2) is 9.97 Å². The molecule has 140 valence electrons. The second kappa shape index (κ2) is 6.88. The smallest absolute Gasteiger partial charge is 0.141 e. The fraction of sp³-hybridized carbons (Fsp3) is 0.250. The maximum absolute atomic E-state index is 4.54. The summed E-state index contributed by atoms with van der Waals surface area (Å²) in [7, 11) is 0. The fourth-order valence-corrected chi connectivity index (χ4v) is 4.52. The number of hydrogen-bond acceptors (Lipinski definition) is 3. The lowest BCUT2D eigenvalue weighted by Gasteiger charge is -2.39. The topological polar surface area (TPSA) is 53.6 Å². The van der Waals surface area contributed by atoms with Gasteiger partial charge < -0.3 is 10.3 Å². The summed E-state index contributed by atoms with van der Waals surface area (Å²) < 4.78 is 0. The van der Waals surface area contributed by atoms with Gasteiger partial charge >= 0.3 is 0 Å². The molecule has 0 unspecified atom stereocenters. The van der Waals surface area contributed by atoms with Gasteiger partial charge in [-0.15, -0.1) is 0 Å². The zero-order valence-electron chi connectivity index (χ0n) is 16.1. The van der Waals surface area contributed by atoms with Gasteiger partial charge in [-0.3, -0.25) is 0 Å². The Hall–Kier alpha value is -2.98. The predicted octanol–water partition coefficient (Wildman–Crippen LogP) is 4.60. The van der Waals surface area contributed by atoms with Crippen LogP contribution >= 0.6 is 0 Å². The number of hydrogen-bond donors (Lipinski definition) is 2. The number of aromatic amines is 1. The van der Waals surface area contributed by atoms with Crippen molar-refractivity contribution in [3.05, 3.63) is 83.8 Å². The maximum Gasteiger partial charge on any atom is 0.141 e. The van der Waals surface area contributed by atoms with Crippen LogP contribution in [0.3, 0.4) is 0 Å². The third-order valence-electron chi connectivity index (χ3n) is 6.13. The Kier molecular flexibility index (Phi) is 4.21. The van der Waals surface area contributed by atoms with E-state index < -0.39 is 0 Å². The molecule has 1 fully saturated rings. The summed E-state index contributed by atoms with van der Waals surface area (Å²) in [6.45, 7) is 4.24. The minimum Gasteiger partial charge on any atom is -0.346 e. The molecule has 1 aliphatic heterocycles. The molecule has 5 rings (SSSR count). The summed E-state index contributed by atoms with van der Waals surface area (Å²) in [4.78, 5) is 12.0. The number of benzene rings is 2. The van der Waals surface area contributed by atoms with Gasteiger partial charge in [-0.05, 0) is 50.0 Å². The largest absolute Gasteiger partial charge is 0.346 e. The van der Waals surface area contributed by atoms with E-state index >= 15 is 0 Å². The second-order valence-corrected chi connectivity index (χ2v) is 7.74. The Morgan fingerprint density at radius 2 is 1.50 bits per heavy atom. The van der Waals surface area contributed by atoms with Crippen molar-refractivity contribution in [2.75, 3.05) is 13.1 Å². The van der Waals surface area contributed by atoms with Crippen LogP contribution in [0, 0.1) is 6.92 Å². The summed E-state index contributed by atoms with van der Waals surface area (Å²) in [6, 6.07) is 20.1. The van der Waals surface area contributed by atoms with Crippen molar-refractivity contribution in [1.82, 2.24) is 20.3 Å². The lowest BCUT2D eigenvalue weighted by atomic mass is 9.68. The first-order valence-corrected chi connectivity index (χ1v) is 9.93. The van der Waals surface area contributed by atoms with Gasteiger partial charge in [0.2, 0.25) is 0 Å². The Labute approximate surface area is 165 Å². The van der Waals surface area contributed by atoms with Crippen LogP contribution < -0.4 is 5.32 Å². The molecule has 1 aliphatic rings. The van der Waals surface area contributed by atoms with Crippen molar-refractivity contribution in [3.8, 4) is 11.3 Å². The minimum absolute atomic E-state index is 0.0760. The number of piperidine rings is 1. The molecule has 0 amide bonds. The molecule has 4 heteroatoms. The first-order valence-electron chi connectivity index (χ1n) is 9.93. The standard InChI is InChI=1S/C24H24N4/c1-17-2-6-19(7-3-17)24(11-14-25-15-12-24)20-8-4-18(5-9-20)22-21-10-13-26-23(21)28-16-27-22/h2-10,13,16,25H,11-12,14-15H2,1H3,(H,26,27,28). The highest BCUT2D eigenvalue weighted by molar-refractivity contribution is 5.90. The van der Waals surface area contributed by atoms with Crippen LogP contribution in [0.2, 0.25) is 0 Å². The van der Waals surface area contributed by atoms with Gasteiger partial charge in [0.05, 0.1) is 5.69 Å². The molecule has 4 aromatic rings. The molecule has 0 saturated carbocycles. The van der Waals surface area contributed by atoms with E-state index in [2.05, 4.69) is 75.7 Å². The van der Waals surface area contributed by atoms with Gasteiger partial charge in [0, 0.05) is 22.6 Å². The van der Waals surface area contributed by atoms with Crippen LogP contribution in [0.15, 0.2) is 67.1 Å². The number of nitrogens with one attached hydrogen (secondary N) is 2. The summed E-state index contributed by atoms with van der Waals surface area (Å²) in [5.41, 5.74) is 7.18. The van der Waals surface area contributed by atoms with Gasteiger partial charge in [-0.1, -0.05) is 54.1 Å². The average molecular weight is 368 g/mol. The van der Waals surface area contributed by atoms with Gasteiger partial charge in [0.15, 0.2) is 0 Å². The highest BCUT2D eigenvalue weighted by atomic mass is 14.9. The van der Waals surface area contributed by atoms with Gasteiger partial charge in [0.25, 0.3) is 0 Å². The molecule has 0 aliphatic carbocycles. The number of nitrogens with zero attached hydrogens (tertiary/aromatic N) is 2. The molecule has 0 radical (unpaired) electrons. The molecule has 0 atom stereocenters. The zero-order valence-corrected chi connectivity index (χ0v) is 16.1. The first-order chi connectivity index (χ1) is 13.8. The monoisotopic (exact) mass is 368 g/mol. The van der Waals surface area contributed by atoms with Crippen LogP contribution in [-0.4, -0.2) is 28.0 Å². The average Bonchev–Trinajstić information content (AvgIpc) is 3.24. The first kappa shape index (κ1) is 17.1. The van der Waals surface area contributed by atoms with Crippen molar-refractivity contribution in [2.45, 2.75) is 25.2 Å². The molecule has 0 spiro atoms. The van der Waals surface area contributed by atoms with E-state index in [1.165, 1.54) is 16.7 Å². The molecule has 1 saturated heterocycles. The zero-order chi connectivity index (χ0) is 19.0. The Morgan fingerprint density at radius 1 is 0.821 bits per heavy atom. The number of rotatable bonds is 3. The highest BCUT2D eigenvalue weighted by Gasteiger charge is 2.35. The lowest BCUT2D eigenvalue weighted by Crippen LogP contribution is -2.40. The van der Waals surface area contributed by atoms with Crippen LogP contribution in [-0.2, 0) is 5.41 Å². The summed E-state index contributed by atoms with van der Waals surface area (Å²) >= 11 is 0. The molecular formula is C24H24N4. The van der Waals surface area contributed by atoms with Crippen molar-refractivity contribution in [1.29, 1.82) is 0 Å². The minimum atomic E-state index is 0.0760. The van der Waals surface area contributed by atoms with E-state index in [1.54, 1.807) is 6.33 Å². The Balaban J connectivity index is 1.57. The van der Waals surface area contributed by atoms with Crippen molar-refractivity contribution in [3.63, 3.8) is 0 Å². The van der Waals surface area contributed by atoms with E-state index in [0.717, 1.165) is 48.2 Å². The summed E-state index contributed by atoms with van der Waals surface area (Å²) in [5.74, 6) is 0. The second-order valence-electron chi connectivity index (χ2n) is 7.74. The maximum atomic E-state index is 4.54. The number of aryl methyl sites for hydroxylation is 1. The number of fused-ring (bicyclic) bond motifs is 1. The van der Waals surface area contributed by atoms with Crippen molar-refractivity contribution in [2.24, 2.45) is 0 Å². The quantitative estimate of drug-likeness (QED) is 0.555. The van der Waals surface area contributed by atoms with Crippen LogP contribution in [0.5, 0.6) is 0 Å². The van der Waals surface area contributed by atoms with E-state index in [0.29, 0.717) is 0 Å². The van der Waals surface area contributed by atoms with Crippen LogP contribution in [0.1, 0.15) is 29.5 Å². The molecule has 4 nitrogen and oxygen atoms in total. The van der Waals surface area contributed by atoms with E-state index in [4.69, 9.17) is 0 Å². The van der Waals surface area contributed by atoms with Crippen LogP contribution in [0.25, 0.3) is 22.3 Å². The molecule has 2 N–H and O–H groups in total. The molecular weight excluding hydrogens is 344 g/mol. The highest BCUT2D eigenvalue weighted by Crippen LogP contribution is 2.41. The third-order valence-corrected chi connectivity index (χ3v) is 6.13. The Morgan fingerprint density at radius 3 is 2.21 bits per heavy atom. The third kappa shape index (κ3) is 2.81. The normalized spacial score (nSPS) is 16.3. The molecule has 2 aromatic carbocycles. The van der Waals surface area contributed by atoms with E-state index in [9.17, 15) is 0 Å². The fourth-order valence-electron chi connectivity index (χ4n) is 4.52. The van der Waals surface area contributed by atoms with Gasteiger partial charge in [0.1, 0.15) is 12.0 Å². The Bertz CT molecular complexity index is 1090. The van der Waals surface area contributed by atoms with E-state index in [-0.39, 0.29) is 5.41 Å². The molecule has 2 aromatic heterocycles. The molecule has 0 bridgehead atoms. The van der Waals surface area contributed by atoms with Crippen LogP contribution in [0.4, 0.5) is 0 Å². The van der Waals surface area contributed by atoms with Crippen molar-refractivity contribution < 1.29 is 0 Å². The predicted molar refractivity (Wildman–Crippen MR) is 113 cm³/mol. The number of H-pyrrole nitrogens is 1. The summed E-state index contributed by atoms with van der Waals surface area (Å²) in [5, 5.41) is 4.58.